The lowest BCUT2D eigenvalue weighted by molar-refractivity contribution is -0.125. The molecule has 0 aromatic heterocycles. The summed E-state index contributed by atoms with van der Waals surface area (Å²) < 4.78 is 31.2. The number of aliphatic imine (C=N–C) groups is 1. The van der Waals surface area contributed by atoms with Gasteiger partial charge >= 0.3 is 0 Å². The van der Waals surface area contributed by atoms with Crippen LogP contribution in [0.15, 0.2) is 66.0 Å². The van der Waals surface area contributed by atoms with Crippen molar-refractivity contribution in [2.24, 2.45) is 10.7 Å². The van der Waals surface area contributed by atoms with Crippen LogP contribution in [-0.2, 0) is 19.6 Å². The van der Waals surface area contributed by atoms with Crippen LogP contribution in [0, 0.1) is 0 Å². The fourth-order valence-electron chi connectivity index (χ4n) is 4.61. The number of sulfonamides is 1. The van der Waals surface area contributed by atoms with E-state index in [2.05, 4.69) is 21.8 Å². The van der Waals surface area contributed by atoms with Gasteiger partial charge in [0.1, 0.15) is 6.61 Å². The van der Waals surface area contributed by atoms with Crippen LogP contribution in [0.25, 0.3) is 5.57 Å². The number of nitrogens with zero attached hydrogens (tertiary/aromatic N) is 4. The van der Waals surface area contributed by atoms with Crippen LogP contribution in [-0.4, -0.2) is 101 Å². The fraction of sp³-hybridized carbons (Fsp3) is 0.500. The zero-order valence-corrected chi connectivity index (χ0v) is 28.9. The van der Waals surface area contributed by atoms with Gasteiger partial charge in [0.05, 0.1) is 18.6 Å². The van der Waals surface area contributed by atoms with Gasteiger partial charge in [0.15, 0.2) is 0 Å². The first kappa shape index (κ1) is 39.1. The van der Waals surface area contributed by atoms with Crippen LogP contribution in [0.2, 0.25) is 5.02 Å². The Balaban J connectivity index is 0.00000474. The summed E-state index contributed by atoms with van der Waals surface area (Å²) in [6.45, 7) is 14.5. The second kappa shape index (κ2) is 20.1. The molecule has 0 unspecified atom stereocenters. The molecule has 0 bridgehead atoms. The second-order valence-electron chi connectivity index (χ2n) is 10.3. The van der Waals surface area contributed by atoms with Crippen molar-refractivity contribution in [3.05, 3.63) is 77.1 Å². The van der Waals surface area contributed by atoms with Crippen molar-refractivity contribution in [1.82, 2.24) is 19.4 Å². The Morgan fingerprint density at radius 2 is 1.91 bits per heavy atom. The number of halogens is 1. The van der Waals surface area contributed by atoms with Crippen LogP contribution >= 0.6 is 11.6 Å². The van der Waals surface area contributed by atoms with Gasteiger partial charge in [-0.15, -0.1) is 0 Å². The van der Waals surface area contributed by atoms with E-state index in [1.807, 2.05) is 66.1 Å². The van der Waals surface area contributed by atoms with Gasteiger partial charge in [-0.25, -0.2) is 13.4 Å². The monoisotopic (exact) mass is 650 g/mol. The fourth-order valence-corrected chi connectivity index (χ4v) is 5.61. The third-order valence-electron chi connectivity index (χ3n) is 6.70. The maximum absolute atomic E-state index is 12.7. The standard InChI is InChI=1S/C30H45ClN6O4S.C2H6/c1-7-41-21-30(38)34-28(12-14-33-22-35(4)5)24(3)27-20-25(31)10-11-26(27)29(19-23(2)9-8-13-32)36-15-17-37(18-16-36)42(6,39)40;1-2/h8-14,20,22,28-29H,3,7,15-19,21,32H2,1-2,4-6H3,(H,34,38);1-2H3/b13-8-,14-12+,23-9-,33-22?;/t28-,29+;/m0./s1. The molecule has 1 saturated heterocycles. The highest BCUT2D eigenvalue weighted by atomic mass is 35.5. The summed E-state index contributed by atoms with van der Waals surface area (Å²) in [6, 6.07) is 4.97. The van der Waals surface area contributed by atoms with Gasteiger partial charge in [-0.3, -0.25) is 9.69 Å². The highest BCUT2D eigenvalue weighted by Gasteiger charge is 2.31. The van der Waals surface area contributed by atoms with Crippen molar-refractivity contribution < 1.29 is 17.9 Å². The van der Waals surface area contributed by atoms with Gasteiger partial charge < -0.3 is 20.7 Å². The molecule has 0 saturated carbocycles. The number of nitrogens with two attached hydrogens (primary N) is 1. The Labute approximate surface area is 270 Å². The number of nitrogens with one attached hydrogen (secondary N) is 1. The molecule has 3 N–H and O–H groups in total. The Bertz CT molecular complexity index is 1290. The minimum Gasteiger partial charge on any atom is -0.405 e. The van der Waals surface area contributed by atoms with Gasteiger partial charge in [-0.05, 0) is 67.5 Å². The van der Waals surface area contributed by atoms with Gasteiger partial charge in [0.2, 0.25) is 15.9 Å². The van der Waals surface area contributed by atoms with Crippen molar-refractivity contribution in [2.75, 3.05) is 59.7 Å². The smallest absolute Gasteiger partial charge is 0.246 e. The molecule has 1 fully saturated rings. The van der Waals surface area contributed by atoms with Gasteiger partial charge in [-0.1, -0.05) is 49.7 Å². The Morgan fingerprint density at radius 1 is 1.25 bits per heavy atom. The van der Waals surface area contributed by atoms with Crippen molar-refractivity contribution in [3.63, 3.8) is 0 Å². The van der Waals surface area contributed by atoms with Crippen LogP contribution in [0.5, 0.6) is 0 Å². The molecule has 1 aliphatic rings. The quantitative estimate of drug-likeness (QED) is 0.164. The van der Waals surface area contributed by atoms with Crippen molar-refractivity contribution in [3.8, 4) is 0 Å². The Kier molecular flexibility index (Phi) is 17.9. The van der Waals surface area contributed by atoms with Crippen molar-refractivity contribution in [1.29, 1.82) is 0 Å². The minimum absolute atomic E-state index is 0.0800. The first-order chi connectivity index (χ1) is 20.9. The average molecular weight is 651 g/mol. The van der Waals surface area contributed by atoms with Crippen molar-refractivity contribution >= 4 is 39.4 Å². The van der Waals surface area contributed by atoms with Crippen molar-refractivity contribution in [2.45, 2.75) is 46.2 Å². The summed E-state index contributed by atoms with van der Waals surface area (Å²) in [4.78, 5) is 21.1. The largest absolute Gasteiger partial charge is 0.405 e. The highest BCUT2D eigenvalue weighted by Crippen LogP contribution is 2.36. The van der Waals surface area contributed by atoms with Gasteiger partial charge in [-0.2, -0.15) is 4.31 Å². The number of benzene rings is 1. The molecule has 10 nitrogen and oxygen atoms in total. The molecule has 2 rings (SSSR count). The number of piperazine rings is 1. The number of rotatable bonds is 15. The van der Waals surface area contributed by atoms with Crippen LogP contribution in [0.4, 0.5) is 0 Å². The third-order valence-corrected chi connectivity index (χ3v) is 8.24. The predicted molar refractivity (Wildman–Crippen MR) is 184 cm³/mol. The molecule has 12 heteroatoms. The number of carbonyl (C=O) groups excluding carboxylic acids is 1. The van der Waals surface area contributed by atoms with E-state index in [9.17, 15) is 13.2 Å². The molecule has 2 atom stereocenters. The van der Waals surface area contributed by atoms with Gasteiger partial charge in [0.25, 0.3) is 0 Å². The molecule has 246 valence electrons. The molecule has 0 radical (unpaired) electrons. The van der Waals surface area contributed by atoms with E-state index in [4.69, 9.17) is 22.1 Å². The lowest BCUT2D eigenvalue weighted by atomic mass is 9.88. The maximum atomic E-state index is 12.7. The summed E-state index contributed by atoms with van der Waals surface area (Å²) in [5.74, 6) is -0.284. The van der Waals surface area contributed by atoms with E-state index in [0.717, 1.165) is 16.7 Å². The lowest BCUT2D eigenvalue weighted by Gasteiger charge is -2.39. The third kappa shape index (κ3) is 13.4. The number of carbonyl (C=O) groups is 1. The molecular weight excluding hydrogens is 600 g/mol. The van der Waals surface area contributed by atoms with Crippen LogP contribution in [0.3, 0.4) is 0 Å². The van der Waals surface area contributed by atoms with Crippen LogP contribution in [0.1, 0.15) is 51.3 Å². The lowest BCUT2D eigenvalue weighted by Crippen LogP contribution is -2.49. The molecule has 0 aliphatic carbocycles. The zero-order valence-electron chi connectivity index (χ0n) is 27.3. The summed E-state index contributed by atoms with van der Waals surface area (Å²) in [6.07, 6.45) is 12.2. The van der Waals surface area contributed by atoms with E-state index in [0.29, 0.717) is 49.8 Å². The zero-order chi connectivity index (χ0) is 33.3. The summed E-state index contributed by atoms with van der Waals surface area (Å²) in [5.41, 5.74) is 9.08. The van der Waals surface area contributed by atoms with E-state index >= 15 is 0 Å². The van der Waals surface area contributed by atoms with E-state index in [-0.39, 0.29) is 18.6 Å². The molecule has 1 aromatic rings. The SMILES string of the molecule is C=C(c1cc(Cl)ccc1[C@@H](C/C(C)=C\C=C/N)N1CCN(S(C)(=O)=O)CC1)[C@H](/C=C/N=CN(C)C)NC(=O)COCC.CC. The predicted octanol–water partition coefficient (Wildman–Crippen LogP) is 4.43. The second-order valence-corrected chi connectivity index (χ2v) is 12.7. The molecule has 1 amide bonds. The molecule has 1 aliphatic heterocycles. The number of allylic oxidation sites excluding steroid dienone is 2. The van der Waals surface area contributed by atoms with E-state index < -0.39 is 16.1 Å². The number of hydrogen-bond donors (Lipinski definition) is 2. The summed E-state index contributed by atoms with van der Waals surface area (Å²) in [5, 5.41) is 3.52. The molecule has 1 heterocycles. The summed E-state index contributed by atoms with van der Waals surface area (Å²) in [7, 11) is 0.453. The maximum Gasteiger partial charge on any atom is 0.246 e. The normalized spacial score (nSPS) is 16.6. The van der Waals surface area contributed by atoms with E-state index in [1.54, 1.807) is 29.6 Å². The number of hydrogen-bond acceptors (Lipinski definition) is 7. The number of ether oxygens (including phenoxy) is 1. The number of amides is 1. The first-order valence-corrected chi connectivity index (χ1v) is 17.0. The Hall–Kier alpha value is -2.96. The van der Waals surface area contributed by atoms with E-state index in [1.165, 1.54) is 16.8 Å². The van der Waals surface area contributed by atoms with Crippen LogP contribution < -0.4 is 11.1 Å². The Morgan fingerprint density at radius 3 is 2.48 bits per heavy atom. The topological polar surface area (TPSA) is 121 Å². The first-order valence-electron chi connectivity index (χ1n) is 14.8. The molecule has 1 aromatic carbocycles. The minimum atomic E-state index is -3.28. The summed E-state index contributed by atoms with van der Waals surface area (Å²) >= 11 is 6.52. The average Bonchev–Trinajstić information content (AvgIpc) is 2.99. The molecular formula is C32H51ClN6O4S. The molecule has 0 spiro atoms. The molecule has 44 heavy (non-hydrogen) atoms. The highest BCUT2D eigenvalue weighted by molar-refractivity contribution is 7.88. The van der Waals surface area contributed by atoms with Gasteiger partial charge in [0, 0.05) is 64.1 Å².